The maximum absolute atomic E-state index is 12.0. The summed E-state index contributed by atoms with van der Waals surface area (Å²) in [5.41, 5.74) is 1.16. The number of furan rings is 1. The van der Waals surface area contributed by atoms with Crippen LogP contribution in [0.2, 0.25) is 0 Å². The molecule has 1 unspecified atom stereocenters. The topological polar surface area (TPSA) is 54.3 Å². The number of carbonyl (C=O) groups excluding carboxylic acids is 1. The van der Waals surface area contributed by atoms with Crippen molar-refractivity contribution in [3.05, 3.63) is 60.1 Å². The molecule has 20 heavy (non-hydrogen) atoms. The molecule has 4 nitrogen and oxygen atoms in total. The molecule has 0 fully saturated rings. The first-order chi connectivity index (χ1) is 9.66. The van der Waals surface area contributed by atoms with E-state index < -0.39 is 0 Å². The minimum atomic E-state index is -0.264. The lowest BCUT2D eigenvalue weighted by Crippen LogP contribution is -2.42. The lowest BCUT2D eigenvalue weighted by atomic mass is 10.1. The van der Waals surface area contributed by atoms with Crippen molar-refractivity contribution in [1.82, 2.24) is 10.6 Å². The second kappa shape index (κ2) is 6.91. The van der Waals surface area contributed by atoms with Crippen LogP contribution in [0.15, 0.2) is 53.1 Å². The second-order valence-corrected chi connectivity index (χ2v) is 4.82. The fourth-order valence-corrected chi connectivity index (χ4v) is 2.03. The molecule has 1 heterocycles. The molecule has 0 spiro atoms. The average molecular weight is 272 g/mol. The van der Waals surface area contributed by atoms with Gasteiger partial charge < -0.3 is 9.73 Å². The van der Waals surface area contributed by atoms with E-state index in [-0.39, 0.29) is 18.0 Å². The number of hydrogen-bond acceptors (Lipinski definition) is 3. The van der Waals surface area contributed by atoms with E-state index in [9.17, 15) is 4.79 Å². The van der Waals surface area contributed by atoms with Crippen LogP contribution in [-0.2, 0) is 11.3 Å². The van der Waals surface area contributed by atoms with Crippen molar-refractivity contribution in [2.45, 2.75) is 32.5 Å². The van der Waals surface area contributed by atoms with E-state index in [1.54, 1.807) is 12.3 Å². The molecule has 1 aromatic carbocycles. The summed E-state index contributed by atoms with van der Waals surface area (Å²) >= 11 is 0. The van der Waals surface area contributed by atoms with E-state index in [0.717, 1.165) is 11.3 Å². The third-order valence-electron chi connectivity index (χ3n) is 3.21. The van der Waals surface area contributed by atoms with Gasteiger partial charge in [-0.15, -0.1) is 0 Å². The molecule has 0 bridgehead atoms. The van der Waals surface area contributed by atoms with Gasteiger partial charge in [0, 0.05) is 6.04 Å². The number of amides is 1. The summed E-state index contributed by atoms with van der Waals surface area (Å²) < 4.78 is 5.18. The van der Waals surface area contributed by atoms with E-state index in [0.29, 0.717) is 6.54 Å². The minimum absolute atomic E-state index is 0.0378. The van der Waals surface area contributed by atoms with Crippen molar-refractivity contribution in [1.29, 1.82) is 0 Å². The average Bonchev–Trinajstić information content (AvgIpc) is 2.98. The summed E-state index contributed by atoms with van der Waals surface area (Å²) in [5, 5.41) is 6.13. The van der Waals surface area contributed by atoms with Gasteiger partial charge in [0.05, 0.1) is 18.8 Å². The molecule has 1 amide bonds. The van der Waals surface area contributed by atoms with Crippen LogP contribution in [0, 0.1) is 0 Å². The number of rotatable bonds is 6. The Kier molecular flexibility index (Phi) is 4.96. The van der Waals surface area contributed by atoms with Crippen molar-refractivity contribution in [2.24, 2.45) is 0 Å². The smallest absolute Gasteiger partial charge is 0.237 e. The molecule has 0 aliphatic carbocycles. The Bertz CT molecular complexity index is 523. The van der Waals surface area contributed by atoms with Crippen molar-refractivity contribution in [3.63, 3.8) is 0 Å². The monoisotopic (exact) mass is 272 g/mol. The van der Waals surface area contributed by atoms with Gasteiger partial charge in [-0.1, -0.05) is 30.3 Å². The molecule has 0 aliphatic rings. The van der Waals surface area contributed by atoms with Crippen LogP contribution in [-0.4, -0.2) is 11.9 Å². The summed E-state index contributed by atoms with van der Waals surface area (Å²) in [6.45, 7) is 4.32. The predicted molar refractivity (Wildman–Crippen MR) is 78.0 cm³/mol. The van der Waals surface area contributed by atoms with Crippen LogP contribution in [0.1, 0.15) is 31.2 Å². The van der Waals surface area contributed by atoms with Crippen LogP contribution in [0.3, 0.4) is 0 Å². The van der Waals surface area contributed by atoms with E-state index in [2.05, 4.69) is 10.6 Å². The summed E-state index contributed by atoms with van der Waals surface area (Å²) in [5.74, 6) is 0.714. The quantitative estimate of drug-likeness (QED) is 0.850. The molecule has 1 aromatic heterocycles. The van der Waals surface area contributed by atoms with Crippen molar-refractivity contribution < 1.29 is 9.21 Å². The predicted octanol–water partition coefficient (Wildman–Crippen LogP) is 2.64. The molecular weight excluding hydrogens is 252 g/mol. The largest absolute Gasteiger partial charge is 0.467 e. The first-order valence-electron chi connectivity index (χ1n) is 6.78. The van der Waals surface area contributed by atoms with Gasteiger partial charge in [-0.2, -0.15) is 0 Å². The van der Waals surface area contributed by atoms with Gasteiger partial charge in [0.15, 0.2) is 0 Å². The van der Waals surface area contributed by atoms with Gasteiger partial charge in [-0.05, 0) is 31.5 Å². The zero-order valence-electron chi connectivity index (χ0n) is 11.8. The summed E-state index contributed by atoms with van der Waals surface area (Å²) in [4.78, 5) is 12.0. The molecule has 2 aromatic rings. The van der Waals surface area contributed by atoms with Gasteiger partial charge in [-0.3, -0.25) is 10.1 Å². The van der Waals surface area contributed by atoms with Gasteiger partial charge in [-0.25, -0.2) is 0 Å². The summed E-state index contributed by atoms with van der Waals surface area (Å²) in [6, 6.07) is 13.6. The maximum atomic E-state index is 12.0. The maximum Gasteiger partial charge on any atom is 0.237 e. The summed E-state index contributed by atoms with van der Waals surface area (Å²) in [7, 11) is 0. The van der Waals surface area contributed by atoms with Gasteiger partial charge in [0.25, 0.3) is 0 Å². The molecule has 2 N–H and O–H groups in total. The number of nitrogens with one attached hydrogen (secondary N) is 2. The SMILES string of the molecule is CC(N[C@H](C)c1ccccc1)C(=O)NCc1ccco1. The van der Waals surface area contributed by atoms with E-state index >= 15 is 0 Å². The first-order valence-corrected chi connectivity index (χ1v) is 6.78. The molecule has 106 valence electrons. The highest BCUT2D eigenvalue weighted by atomic mass is 16.3. The van der Waals surface area contributed by atoms with E-state index in [4.69, 9.17) is 4.42 Å². The highest BCUT2D eigenvalue weighted by Gasteiger charge is 2.16. The van der Waals surface area contributed by atoms with Crippen molar-refractivity contribution in [3.8, 4) is 0 Å². The molecular formula is C16H20N2O2. The first kappa shape index (κ1) is 14.3. The van der Waals surface area contributed by atoms with Crippen molar-refractivity contribution >= 4 is 5.91 Å². The zero-order valence-corrected chi connectivity index (χ0v) is 11.8. The molecule has 0 aliphatic heterocycles. The lowest BCUT2D eigenvalue weighted by Gasteiger charge is -2.19. The van der Waals surface area contributed by atoms with Crippen LogP contribution >= 0.6 is 0 Å². The van der Waals surface area contributed by atoms with Crippen LogP contribution in [0.4, 0.5) is 0 Å². The fraction of sp³-hybridized carbons (Fsp3) is 0.312. The van der Waals surface area contributed by atoms with E-state index in [1.807, 2.05) is 50.2 Å². The molecule has 0 saturated carbocycles. The van der Waals surface area contributed by atoms with Gasteiger partial charge in [0.1, 0.15) is 5.76 Å². The van der Waals surface area contributed by atoms with Gasteiger partial charge >= 0.3 is 0 Å². The Morgan fingerprint density at radius 2 is 1.90 bits per heavy atom. The van der Waals surface area contributed by atoms with Gasteiger partial charge in [0.2, 0.25) is 5.91 Å². The molecule has 4 heteroatoms. The number of carbonyl (C=O) groups is 1. The Labute approximate surface area is 119 Å². The Hall–Kier alpha value is -2.07. The Morgan fingerprint density at radius 1 is 1.15 bits per heavy atom. The van der Waals surface area contributed by atoms with Crippen LogP contribution < -0.4 is 10.6 Å². The van der Waals surface area contributed by atoms with E-state index in [1.165, 1.54) is 0 Å². The normalized spacial score (nSPS) is 13.7. The highest BCUT2D eigenvalue weighted by Crippen LogP contribution is 2.11. The highest BCUT2D eigenvalue weighted by molar-refractivity contribution is 5.81. The third-order valence-corrected chi connectivity index (χ3v) is 3.21. The Balaban J connectivity index is 1.81. The molecule has 2 atom stereocenters. The van der Waals surface area contributed by atoms with Crippen LogP contribution in [0.5, 0.6) is 0 Å². The molecule has 2 rings (SSSR count). The summed E-state index contributed by atoms with van der Waals surface area (Å²) in [6.07, 6.45) is 1.60. The lowest BCUT2D eigenvalue weighted by molar-refractivity contribution is -0.123. The number of benzene rings is 1. The third kappa shape index (κ3) is 3.96. The second-order valence-electron chi connectivity index (χ2n) is 4.82. The fourth-order valence-electron chi connectivity index (χ4n) is 2.03. The molecule has 0 radical (unpaired) electrons. The standard InChI is InChI=1S/C16H20N2O2/c1-12(14-7-4-3-5-8-14)18-13(2)16(19)17-11-15-9-6-10-20-15/h3-10,12-13,18H,11H2,1-2H3,(H,17,19)/t12-,13?/m1/s1. The zero-order chi connectivity index (χ0) is 14.4. The number of hydrogen-bond donors (Lipinski definition) is 2. The molecule has 0 saturated heterocycles. The van der Waals surface area contributed by atoms with Crippen LogP contribution in [0.25, 0.3) is 0 Å². The minimum Gasteiger partial charge on any atom is -0.467 e. The Morgan fingerprint density at radius 3 is 2.55 bits per heavy atom. The van der Waals surface area contributed by atoms with Crippen molar-refractivity contribution in [2.75, 3.05) is 0 Å².